The normalized spacial score (nSPS) is 10.3. The number of rotatable bonds is 2. The van der Waals surface area contributed by atoms with Crippen molar-refractivity contribution >= 4 is 38.6 Å². The molecule has 2 aromatic rings. The SMILES string of the molecule is COC(=O)c1cccc2c(Br)ncc(C(=O)OC)c12. The summed E-state index contributed by atoms with van der Waals surface area (Å²) in [6.45, 7) is 0. The maximum atomic E-state index is 11.8. The monoisotopic (exact) mass is 323 g/mol. The molecule has 1 heterocycles. The van der Waals surface area contributed by atoms with Gasteiger partial charge in [0.1, 0.15) is 4.60 Å². The number of fused-ring (bicyclic) bond motifs is 1. The van der Waals surface area contributed by atoms with Gasteiger partial charge in [0.2, 0.25) is 0 Å². The lowest BCUT2D eigenvalue weighted by Crippen LogP contribution is -2.08. The highest BCUT2D eigenvalue weighted by Crippen LogP contribution is 2.28. The van der Waals surface area contributed by atoms with E-state index < -0.39 is 11.9 Å². The zero-order valence-corrected chi connectivity index (χ0v) is 11.9. The number of pyridine rings is 1. The van der Waals surface area contributed by atoms with Crippen molar-refractivity contribution < 1.29 is 19.1 Å². The Morgan fingerprint density at radius 1 is 1.11 bits per heavy atom. The zero-order chi connectivity index (χ0) is 14.0. The molecule has 0 aliphatic carbocycles. The average Bonchev–Trinajstić information content (AvgIpc) is 2.45. The molecule has 0 saturated carbocycles. The van der Waals surface area contributed by atoms with Crippen LogP contribution in [0.15, 0.2) is 29.0 Å². The van der Waals surface area contributed by atoms with Crippen LogP contribution in [0.4, 0.5) is 0 Å². The van der Waals surface area contributed by atoms with Crippen LogP contribution in [0, 0.1) is 0 Å². The second-order valence-corrected chi connectivity index (χ2v) is 4.43. The summed E-state index contributed by atoms with van der Waals surface area (Å²) in [6.07, 6.45) is 1.37. The van der Waals surface area contributed by atoms with Gasteiger partial charge in [0.15, 0.2) is 0 Å². The van der Waals surface area contributed by atoms with E-state index in [-0.39, 0.29) is 5.56 Å². The highest BCUT2D eigenvalue weighted by molar-refractivity contribution is 9.10. The topological polar surface area (TPSA) is 65.5 Å². The van der Waals surface area contributed by atoms with Gasteiger partial charge in [-0.05, 0) is 22.0 Å². The molecule has 1 aromatic carbocycles. The van der Waals surface area contributed by atoms with Crippen molar-refractivity contribution in [1.82, 2.24) is 4.98 Å². The van der Waals surface area contributed by atoms with Gasteiger partial charge < -0.3 is 9.47 Å². The van der Waals surface area contributed by atoms with Crippen LogP contribution in [0.25, 0.3) is 10.8 Å². The number of hydrogen-bond donors (Lipinski definition) is 0. The summed E-state index contributed by atoms with van der Waals surface area (Å²) in [7, 11) is 2.56. The molecule has 0 aliphatic rings. The van der Waals surface area contributed by atoms with Crippen LogP contribution >= 0.6 is 15.9 Å². The molecule has 0 fully saturated rings. The van der Waals surface area contributed by atoms with Crippen LogP contribution in [0.2, 0.25) is 0 Å². The highest BCUT2D eigenvalue weighted by atomic mass is 79.9. The van der Waals surface area contributed by atoms with E-state index in [9.17, 15) is 9.59 Å². The minimum Gasteiger partial charge on any atom is -0.465 e. The lowest BCUT2D eigenvalue weighted by Gasteiger charge is -2.09. The first-order chi connectivity index (χ1) is 9.10. The van der Waals surface area contributed by atoms with E-state index in [0.717, 1.165) is 0 Å². The lowest BCUT2D eigenvalue weighted by molar-refractivity contribution is 0.0601. The molecule has 0 radical (unpaired) electrons. The Labute approximate surface area is 117 Å². The molecule has 5 nitrogen and oxygen atoms in total. The van der Waals surface area contributed by atoms with Gasteiger partial charge in [0, 0.05) is 17.0 Å². The Balaban J connectivity index is 2.87. The summed E-state index contributed by atoms with van der Waals surface area (Å²) in [5, 5.41) is 1.11. The minimum atomic E-state index is -0.554. The first kappa shape index (κ1) is 13.5. The Hall–Kier alpha value is -1.95. The van der Waals surface area contributed by atoms with Gasteiger partial charge in [-0.1, -0.05) is 12.1 Å². The number of benzene rings is 1. The van der Waals surface area contributed by atoms with Crippen molar-refractivity contribution in [3.05, 3.63) is 40.1 Å². The fraction of sp³-hybridized carbons (Fsp3) is 0.154. The van der Waals surface area contributed by atoms with Gasteiger partial charge in [0.25, 0.3) is 0 Å². The summed E-state index contributed by atoms with van der Waals surface area (Å²) in [5.74, 6) is -1.07. The van der Waals surface area contributed by atoms with Gasteiger partial charge >= 0.3 is 11.9 Å². The van der Waals surface area contributed by atoms with Crippen molar-refractivity contribution in [2.24, 2.45) is 0 Å². The van der Waals surface area contributed by atoms with Crippen LogP contribution < -0.4 is 0 Å². The van der Waals surface area contributed by atoms with Gasteiger partial charge in [-0.15, -0.1) is 0 Å². The van der Waals surface area contributed by atoms with Crippen LogP contribution in [0.1, 0.15) is 20.7 Å². The van der Waals surface area contributed by atoms with Gasteiger partial charge in [-0.3, -0.25) is 0 Å². The largest absolute Gasteiger partial charge is 0.465 e. The number of nitrogens with zero attached hydrogens (tertiary/aromatic N) is 1. The van der Waals surface area contributed by atoms with E-state index in [0.29, 0.717) is 20.9 Å². The van der Waals surface area contributed by atoms with Crippen molar-refractivity contribution in [3.8, 4) is 0 Å². The summed E-state index contributed by atoms with van der Waals surface area (Å²) >= 11 is 3.29. The predicted octanol–water partition coefficient (Wildman–Crippen LogP) is 2.57. The minimum absolute atomic E-state index is 0.224. The number of carbonyl (C=O) groups excluding carboxylic acids is 2. The molecule has 6 heteroatoms. The standard InChI is InChI=1S/C13H10BrNO4/c1-18-12(16)8-5-3-4-7-10(8)9(13(17)19-2)6-15-11(7)14/h3-6H,1-2H3. The van der Waals surface area contributed by atoms with E-state index in [2.05, 4.69) is 20.9 Å². The Morgan fingerprint density at radius 3 is 2.37 bits per heavy atom. The van der Waals surface area contributed by atoms with E-state index in [1.54, 1.807) is 18.2 Å². The molecule has 0 unspecified atom stereocenters. The number of halogens is 1. The summed E-state index contributed by atoms with van der Waals surface area (Å²) in [6, 6.07) is 5.04. The number of carbonyl (C=O) groups is 2. The maximum Gasteiger partial charge on any atom is 0.340 e. The predicted molar refractivity (Wildman–Crippen MR) is 72.1 cm³/mol. The first-order valence-electron chi connectivity index (χ1n) is 5.34. The number of ether oxygens (including phenoxy) is 2. The molecule has 98 valence electrons. The lowest BCUT2D eigenvalue weighted by atomic mass is 10.0. The average molecular weight is 324 g/mol. The molecule has 0 atom stereocenters. The third-order valence-electron chi connectivity index (χ3n) is 2.67. The molecule has 0 saturated heterocycles. The fourth-order valence-corrected chi connectivity index (χ4v) is 2.25. The third-order valence-corrected chi connectivity index (χ3v) is 3.31. The second-order valence-electron chi connectivity index (χ2n) is 3.67. The molecule has 2 rings (SSSR count). The zero-order valence-electron chi connectivity index (χ0n) is 10.3. The molecule has 0 aliphatic heterocycles. The van der Waals surface area contributed by atoms with Crippen molar-refractivity contribution in [2.45, 2.75) is 0 Å². The Kier molecular flexibility index (Phi) is 3.80. The van der Waals surface area contributed by atoms with Crippen molar-refractivity contribution in [3.63, 3.8) is 0 Å². The molecular formula is C13H10BrNO4. The third kappa shape index (κ3) is 2.31. The smallest absolute Gasteiger partial charge is 0.340 e. The van der Waals surface area contributed by atoms with E-state index >= 15 is 0 Å². The second kappa shape index (κ2) is 5.36. The van der Waals surface area contributed by atoms with Crippen LogP contribution in [-0.2, 0) is 9.47 Å². The maximum absolute atomic E-state index is 11.8. The first-order valence-corrected chi connectivity index (χ1v) is 6.13. The quantitative estimate of drug-likeness (QED) is 0.627. The van der Waals surface area contributed by atoms with Crippen molar-refractivity contribution in [2.75, 3.05) is 14.2 Å². The van der Waals surface area contributed by atoms with Crippen LogP contribution in [0.5, 0.6) is 0 Å². The summed E-state index contributed by atoms with van der Waals surface area (Å²) < 4.78 is 9.97. The molecule has 0 N–H and O–H groups in total. The molecule has 0 spiro atoms. The van der Waals surface area contributed by atoms with E-state index in [1.807, 2.05) is 0 Å². The molecular weight excluding hydrogens is 314 g/mol. The molecule has 0 amide bonds. The van der Waals surface area contributed by atoms with Gasteiger partial charge in [-0.2, -0.15) is 0 Å². The highest BCUT2D eigenvalue weighted by Gasteiger charge is 2.19. The van der Waals surface area contributed by atoms with E-state index in [4.69, 9.17) is 9.47 Å². The van der Waals surface area contributed by atoms with Crippen molar-refractivity contribution in [1.29, 1.82) is 0 Å². The molecule has 0 bridgehead atoms. The summed E-state index contributed by atoms with van der Waals surface area (Å²) in [4.78, 5) is 27.6. The number of methoxy groups -OCH3 is 2. The number of aromatic nitrogens is 1. The van der Waals surface area contributed by atoms with Gasteiger partial charge in [0.05, 0.1) is 25.3 Å². The molecule has 1 aromatic heterocycles. The fourth-order valence-electron chi connectivity index (χ4n) is 1.81. The molecule has 19 heavy (non-hydrogen) atoms. The Bertz CT molecular complexity index is 647. The van der Waals surface area contributed by atoms with Gasteiger partial charge in [-0.25, -0.2) is 14.6 Å². The number of esters is 2. The Morgan fingerprint density at radius 2 is 1.74 bits per heavy atom. The number of hydrogen-bond acceptors (Lipinski definition) is 5. The summed E-state index contributed by atoms with van der Waals surface area (Å²) in [5.41, 5.74) is 0.519. The van der Waals surface area contributed by atoms with E-state index in [1.165, 1.54) is 20.4 Å². The van der Waals surface area contributed by atoms with Crippen LogP contribution in [0.3, 0.4) is 0 Å². The van der Waals surface area contributed by atoms with Crippen LogP contribution in [-0.4, -0.2) is 31.1 Å².